The summed E-state index contributed by atoms with van der Waals surface area (Å²) in [5.41, 5.74) is 6.44. The molecule has 0 radical (unpaired) electrons. The molecule has 0 saturated heterocycles. The van der Waals surface area contributed by atoms with Crippen molar-refractivity contribution < 1.29 is 9.21 Å². The minimum absolute atomic E-state index is 0.112. The van der Waals surface area contributed by atoms with Crippen molar-refractivity contribution in [3.8, 4) is 11.5 Å². The molecule has 4 rings (SSSR count). The van der Waals surface area contributed by atoms with Gasteiger partial charge in [0.1, 0.15) is 0 Å². The van der Waals surface area contributed by atoms with Gasteiger partial charge in [-0.3, -0.25) is 10.1 Å². The zero-order chi connectivity index (χ0) is 18.1. The number of aromatic nitrogens is 2. The molecular formula is C21H21N3O2. The minimum atomic E-state index is -0.256. The van der Waals surface area contributed by atoms with E-state index in [0.29, 0.717) is 11.5 Å². The summed E-state index contributed by atoms with van der Waals surface area (Å²) in [5.74, 6) is 0.169. The molecule has 0 saturated carbocycles. The number of benzene rings is 2. The van der Waals surface area contributed by atoms with Crippen LogP contribution in [-0.2, 0) is 12.8 Å². The summed E-state index contributed by atoms with van der Waals surface area (Å²) in [6.45, 7) is 3.99. The molecule has 1 N–H and O–H groups in total. The fraction of sp³-hybridized carbons (Fsp3) is 0.286. The second-order valence-corrected chi connectivity index (χ2v) is 6.86. The van der Waals surface area contributed by atoms with Crippen LogP contribution in [0.25, 0.3) is 11.5 Å². The summed E-state index contributed by atoms with van der Waals surface area (Å²) in [4.78, 5) is 12.4. The summed E-state index contributed by atoms with van der Waals surface area (Å²) in [5, 5.41) is 10.7. The Hall–Kier alpha value is -2.95. The summed E-state index contributed by atoms with van der Waals surface area (Å²) in [7, 11) is 0. The molecule has 1 aromatic heterocycles. The van der Waals surface area contributed by atoms with Crippen LogP contribution in [0.1, 0.15) is 45.5 Å². The van der Waals surface area contributed by atoms with Gasteiger partial charge in [-0.1, -0.05) is 17.2 Å². The van der Waals surface area contributed by atoms with Crippen molar-refractivity contribution in [3.05, 3.63) is 64.2 Å². The van der Waals surface area contributed by atoms with E-state index >= 15 is 0 Å². The van der Waals surface area contributed by atoms with Gasteiger partial charge in [0.05, 0.1) is 0 Å². The number of fused-ring (bicyclic) bond motifs is 1. The summed E-state index contributed by atoms with van der Waals surface area (Å²) in [6.07, 6.45) is 4.70. The van der Waals surface area contributed by atoms with Crippen molar-refractivity contribution in [1.82, 2.24) is 10.2 Å². The van der Waals surface area contributed by atoms with Crippen molar-refractivity contribution in [2.24, 2.45) is 0 Å². The lowest BCUT2D eigenvalue weighted by atomic mass is 9.90. The number of anilines is 1. The van der Waals surface area contributed by atoms with E-state index in [4.69, 9.17) is 4.42 Å². The molecule has 3 aromatic rings. The van der Waals surface area contributed by atoms with Crippen LogP contribution in [0.2, 0.25) is 0 Å². The van der Waals surface area contributed by atoms with Crippen LogP contribution in [0, 0.1) is 13.8 Å². The van der Waals surface area contributed by atoms with Crippen LogP contribution in [0.15, 0.2) is 40.8 Å². The van der Waals surface area contributed by atoms with Crippen molar-refractivity contribution in [2.75, 3.05) is 5.32 Å². The van der Waals surface area contributed by atoms with E-state index in [2.05, 4.69) is 27.6 Å². The maximum absolute atomic E-state index is 12.4. The van der Waals surface area contributed by atoms with Crippen molar-refractivity contribution in [3.63, 3.8) is 0 Å². The van der Waals surface area contributed by atoms with Crippen LogP contribution in [0.5, 0.6) is 0 Å². The zero-order valence-electron chi connectivity index (χ0n) is 15.0. The normalized spacial score (nSPS) is 13.3. The molecule has 0 atom stereocenters. The van der Waals surface area contributed by atoms with Crippen LogP contribution in [0.3, 0.4) is 0 Å². The van der Waals surface area contributed by atoms with Crippen LogP contribution < -0.4 is 5.32 Å². The largest absolute Gasteiger partial charge is 0.403 e. The Morgan fingerprint density at radius 2 is 1.77 bits per heavy atom. The molecule has 132 valence electrons. The molecule has 1 heterocycles. The van der Waals surface area contributed by atoms with E-state index < -0.39 is 0 Å². The van der Waals surface area contributed by atoms with E-state index in [1.165, 1.54) is 24.0 Å². The standard InChI is InChI=1S/C21H21N3O2/c1-13-7-8-17(11-14(13)2)19(25)22-21-24-23-20(26-21)18-10-9-15-5-3-4-6-16(15)12-18/h7-12H,3-6H2,1-2H3,(H,22,24,25). The van der Waals surface area contributed by atoms with E-state index in [1.54, 1.807) is 6.07 Å². The highest BCUT2D eigenvalue weighted by atomic mass is 16.4. The third-order valence-corrected chi connectivity index (χ3v) is 5.01. The molecule has 5 nitrogen and oxygen atoms in total. The number of nitrogens with zero attached hydrogens (tertiary/aromatic N) is 2. The number of rotatable bonds is 3. The minimum Gasteiger partial charge on any atom is -0.403 e. The molecule has 5 heteroatoms. The Kier molecular flexibility index (Phi) is 4.29. The molecule has 1 aliphatic carbocycles. The van der Waals surface area contributed by atoms with Crippen LogP contribution >= 0.6 is 0 Å². The fourth-order valence-electron chi connectivity index (χ4n) is 3.31. The molecule has 1 aliphatic rings. The third-order valence-electron chi connectivity index (χ3n) is 5.01. The van der Waals surface area contributed by atoms with Crippen LogP contribution in [0.4, 0.5) is 6.01 Å². The van der Waals surface area contributed by atoms with E-state index in [-0.39, 0.29) is 11.9 Å². The lowest BCUT2D eigenvalue weighted by Gasteiger charge is -2.15. The number of aryl methyl sites for hydroxylation is 4. The highest BCUT2D eigenvalue weighted by Crippen LogP contribution is 2.27. The molecule has 0 aliphatic heterocycles. The van der Waals surface area contributed by atoms with Crippen LogP contribution in [-0.4, -0.2) is 16.1 Å². The van der Waals surface area contributed by atoms with Gasteiger partial charge in [0.15, 0.2) is 0 Å². The lowest BCUT2D eigenvalue weighted by molar-refractivity contribution is 0.102. The first-order valence-corrected chi connectivity index (χ1v) is 8.94. The second-order valence-electron chi connectivity index (χ2n) is 6.86. The number of nitrogens with one attached hydrogen (secondary N) is 1. The SMILES string of the molecule is Cc1ccc(C(=O)Nc2nnc(-c3ccc4c(c3)CCCC4)o2)cc1C. The van der Waals surface area contributed by atoms with Gasteiger partial charge in [0.2, 0.25) is 5.89 Å². The molecule has 0 unspecified atom stereocenters. The second kappa shape index (κ2) is 6.75. The Morgan fingerprint density at radius 3 is 2.58 bits per heavy atom. The van der Waals surface area contributed by atoms with E-state index in [1.807, 2.05) is 32.0 Å². The highest BCUT2D eigenvalue weighted by Gasteiger charge is 2.15. The quantitative estimate of drug-likeness (QED) is 0.758. The van der Waals surface area contributed by atoms with Gasteiger partial charge in [-0.2, -0.15) is 0 Å². The number of amides is 1. The lowest BCUT2D eigenvalue weighted by Crippen LogP contribution is -2.12. The molecule has 0 fully saturated rings. The van der Waals surface area contributed by atoms with Crippen molar-refractivity contribution in [2.45, 2.75) is 39.5 Å². The smallest absolute Gasteiger partial charge is 0.322 e. The first kappa shape index (κ1) is 16.5. The maximum Gasteiger partial charge on any atom is 0.322 e. The molecule has 2 aromatic carbocycles. The average Bonchev–Trinajstić information content (AvgIpc) is 3.12. The number of carbonyl (C=O) groups excluding carboxylic acids is 1. The monoisotopic (exact) mass is 347 g/mol. The number of hydrogen-bond donors (Lipinski definition) is 1. The van der Waals surface area contributed by atoms with Gasteiger partial charge in [-0.15, -0.1) is 5.10 Å². The topological polar surface area (TPSA) is 68.0 Å². The molecule has 0 bridgehead atoms. The van der Waals surface area contributed by atoms with Gasteiger partial charge in [0, 0.05) is 11.1 Å². The highest BCUT2D eigenvalue weighted by molar-refractivity contribution is 6.03. The summed E-state index contributed by atoms with van der Waals surface area (Å²) in [6, 6.07) is 12.0. The van der Waals surface area contributed by atoms with Gasteiger partial charge in [0.25, 0.3) is 5.91 Å². The number of hydrogen-bond acceptors (Lipinski definition) is 4. The Morgan fingerprint density at radius 1 is 0.962 bits per heavy atom. The van der Waals surface area contributed by atoms with Gasteiger partial charge in [-0.25, -0.2) is 0 Å². The Bertz CT molecular complexity index is 975. The number of carbonyl (C=O) groups is 1. The zero-order valence-corrected chi connectivity index (χ0v) is 15.0. The first-order chi connectivity index (χ1) is 12.6. The molecular weight excluding hydrogens is 326 g/mol. The predicted molar refractivity (Wildman–Crippen MR) is 100 cm³/mol. The maximum atomic E-state index is 12.4. The van der Waals surface area contributed by atoms with E-state index in [9.17, 15) is 4.79 Å². The van der Waals surface area contributed by atoms with E-state index in [0.717, 1.165) is 29.5 Å². The fourth-order valence-corrected chi connectivity index (χ4v) is 3.31. The molecule has 26 heavy (non-hydrogen) atoms. The predicted octanol–water partition coefficient (Wildman–Crippen LogP) is 4.48. The van der Waals surface area contributed by atoms with Gasteiger partial charge >= 0.3 is 6.01 Å². The average molecular weight is 347 g/mol. The molecule has 1 amide bonds. The first-order valence-electron chi connectivity index (χ1n) is 8.94. The summed E-state index contributed by atoms with van der Waals surface area (Å²) >= 11 is 0. The molecule has 0 spiro atoms. The van der Waals surface area contributed by atoms with Crippen molar-refractivity contribution >= 4 is 11.9 Å². The van der Waals surface area contributed by atoms with Crippen molar-refractivity contribution in [1.29, 1.82) is 0 Å². The Labute approximate surface area is 152 Å². The van der Waals surface area contributed by atoms with Gasteiger partial charge < -0.3 is 4.42 Å². The van der Waals surface area contributed by atoms with Gasteiger partial charge in [-0.05, 0) is 86.1 Å². The Balaban J connectivity index is 1.52. The third kappa shape index (κ3) is 3.25. The summed E-state index contributed by atoms with van der Waals surface area (Å²) < 4.78 is 5.65.